The van der Waals surface area contributed by atoms with Gasteiger partial charge in [0.05, 0.1) is 0 Å². The van der Waals surface area contributed by atoms with Gasteiger partial charge < -0.3 is 5.32 Å². The highest BCUT2D eigenvalue weighted by molar-refractivity contribution is 6.39. The molecule has 2 N–H and O–H groups in total. The van der Waals surface area contributed by atoms with Gasteiger partial charge in [-0.25, -0.2) is 5.43 Å². The Morgan fingerprint density at radius 2 is 2.23 bits per heavy atom. The number of rotatable bonds is 2. The van der Waals surface area contributed by atoms with E-state index in [0.29, 0.717) is 18.6 Å². The van der Waals surface area contributed by atoms with Crippen LogP contribution in [0.4, 0.5) is 0 Å². The van der Waals surface area contributed by atoms with Crippen molar-refractivity contribution in [2.45, 2.75) is 32.7 Å². The molecule has 0 aliphatic carbocycles. The maximum Gasteiger partial charge on any atom is 0.267 e. The minimum absolute atomic E-state index is 0.0906. The third-order valence-corrected chi connectivity index (χ3v) is 1.59. The van der Waals surface area contributed by atoms with Gasteiger partial charge in [0.25, 0.3) is 5.91 Å². The van der Waals surface area contributed by atoms with Crippen LogP contribution in [0.1, 0.15) is 26.7 Å². The van der Waals surface area contributed by atoms with Gasteiger partial charge in [0.15, 0.2) is 0 Å². The van der Waals surface area contributed by atoms with E-state index in [-0.39, 0.29) is 17.9 Å². The molecule has 0 aromatic rings. The fourth-order valence-electron chi connectivity index (χ4n) is 0.983. The van der Waals surface area contributed by atoms with Gasteiger partial charge in [0, 0.05) is 18.9 Å². The lowest BCUT2D eigenvalue weighted by Gasteiger charge is -2.13. The Hall–Kier alpha value is -1.39. The molecule has 0 saturated heterocycles. The second-order valence-electron chi connectivity index (χ2n) is 3.22. The molecule has 1 aliphatic rings. The number of nitrogens with zero attached hydrogens (tertiary/aromatic N) is 1. The number of hydrogen-bond donors (Lipinski definition) is 2. The average Bonchev–Trinajstić information content (AvgIpc) is 2.04. The Balaban J connectivity index is 2.53. The van der Waals surface area contributed by atoms with Crippen molar-refractivity contribution < 1.29 is 9.59 Å². The Morgan fingerprint density at radius 1 is 1.54 bits per heavy atom. The first kappa shape index (κ1) is 9.70. The minimum atomic E-state index is -0.199. The van der Waals surface area contributed by atoms with Crippen LogP contribution in [-0.4, -0.2) is 23.6 Å². The topological polar surface area (TPSA) is 70.6 Å². The minimum Gasteiger partial charge on any atom is -0.349 e. The fourth-order valence-corrected chi connectivity index (χ4v) is 0.983. The van der Waals surface area contributed by atoms with Crippen molar-refractivity contribution >= 4 is 17.5 Å². The molecule has 0 fully saturated rings. The van der Waals surface area contributed by atoms with Crippen LogP contribution in [0, 0.1) is 0 Å². The van der Waals surface area contributed by atoms with E-state index in [0.717, 1.165) is 0 Å². The van der Waals surface area contributed by atoms with Crippen LogP contribution in [-0.2, 0) is 9.59 Å². The van der Waals surface area contributed by atoms with Gasteiger partial charge >= 0.3 is 0 Å². The maximum absolute atomic E-state index is 11.3. The Labute approximate surface area is 76.6 Å². The number of carbonyl (C=O) groups is 2. The summed E-state index contributed by atoms with van der Waals surface area (Å²) in [6, 6.07) is 0.0906. The van der Waals surface area contributed by atoms with Crippen LogP contribution in [0.5, 0.6) is 0 Å². The molecule has 0 aromatic heterocycles. The van der Waals surface area contributed by atoms with Crippen molar-refractivity contribution in [1.29, 1.82) is 0 Å². The quantitative estimate of drug-likeness (QED) is 0.621. The molecule has 0 aromatic carbocycles. The average molecular weight is 183 g/mol. The summed E-state index contributed by atoms with van der Waals surface area (Å²) >= 11 is 0. The molecule has 0 atom stereocenters. The van der Waals surface area contributed by atoms with E-state index in [2.05, 4.69) is 15.8 Å². The van der Waals surface area contributed by atoms with Crippen LogP contribution in [0.2, 0.25) is 0 Å². The van der Waals surface area contributed by atoms with E-state index in [1.807, 2.05) is 13.8 Å². The molecule has 5 nitrogen and oxygen atoms in total. The summed E-state index contributed by atoms with van der Waals surface area (Å²) < 4.78 is 0. The summed E-state index contributed by atoms with van der Waals surface area (Å²) in [5.74, 6) is -0.337. The first-order valence-corrected chi connectivity index (χ1v) is 4.26. The predicted octanol–water partition coefficient (Wildman–Crippen LogP) is -0.223. The SMILES string of the molecule is CC(C)NC(=O)C1=NNC(=O)CC1. The molecule has 1 aliphatic heterocycles. The van der Waals surface area contributed by atoms with Crippen LogP contribution < -0.4 is 10.7 Å². The maximum atomic E-state index is 11.3. The highest BCUT2D eigenvalue weighted by Crippen LogP contribution is 1.99. The molecule has 1 rings (SSSR count). The first-order chi connectivity index (χ1) is 6.09. The summed E-state index contributed by atoms with van der Waals surface area (Å²) in [4.78, 5) is 22.0. The van der Waals surface area contributed by atoms with Crippen molar-refractivity contribution in [3.63, 3.8) is 0 Å². The summed E-state index contributed by atoms with van der Waals surface area (Å²) in [7, 11) is 0. The van der Waals surface area contributed by atoms with Crippen molar-refractivity contribution in [2.24, 2.45) is 5.10 Å². The van der Waals surface area contributed by atoms with Gasteiger partial charge in [0.2, 0.25) is 5.91 Å². The predicted molar refractivity (Wildman–Crippen MR) is 48.1 cm³/mol. The molecule has 0 unspecified atom stereocenters. The van der Waals surface area contributed by atoms with Gasteiger partial charge in [-0.05, 0) is 13.8 Å². The Kier molecular flexibility index (Phi) is 3.00. The second-order valence-corrected chi connectivity index (χ2v) is 3.22. The number of hydrogen-bond acceptors (Lipinski definition) is 3. The van der Waals surface area contributed by atoms with Crippen molar-refractivity contribution in [3.8, 4) is 0 Å². The Morgan fingerprint density at radius 3 is 2.69 bits per heavy atom. The van der Waals surface area contributed by atoms with Gasteiger partial charge in [-0.3, -0.25) is 9.59 Å². The molecule has 5 heteroatoms. The zero-order valence-corrected chi connectivity index (χ0v) is 7.76. The highest BCUT2D eigenvalue weighted by Gasteiger charge is 2.18. The number of nitrogens with one attached hydrogen (secondary N) is 2. The molecule has 0 saturated carbocycles. The standard InChI is InChI=1S/C8H13N3O2/c1-5(2)9-8(13)6-3-4-7(12)11-10-6/h5H,3-4H2,1-2H3,(H,9,13)(H,11,12). The molecular weight excluding hydrogens is 170 g/mol. The summed E-state index contributed by atoms with van der Waals surface area (Å²) in [5, 5.41) is 6.37. The normalized spacial score (nSPS) is 16.5. The first-order valence-electron chi connectivity index (χ1n) is 4.26. The number of amides is 2. The van der Waals surface area contributed by atoms with Crippen LogP contribution in [0.15, 0.2) is 5.10 Å². The monoisotopic (exact) mass is 183 g/mol. The van der Waals surface area contributed by atoms with Crippen molar-refractivity contribution in [3.05, 3.63) is 0 Å². The highest BCUT2D eigenvalue weighted by atomic mass is 16.2. The summed E-state index contributed by atoms with van der Waals surface area (Å²) in [6.07, 6.45) is 0.759. The molecule has 1 heterocycles. The smallest absolute Gasteiger partial charge is 0.267 e. The fraction of sp³-hybridized carbons (Fsp3) is 0.625. The van der Waals surface area contributed by atoms with Crippen LogP contribution >= 0.6 is 0 Å². The number of hydrazone groups is 1. The van der Waals surface area contributed by atoms with Crippen molar-refractivity contribution in [1.82, 2.24) is 10.7 Å². The van der Waals surface area contributed by atoms with E-state index >= 15 is 0 Å². The molecule has 0 radical (unpaired) electrons. The second kappa shape index (κ2) is 4.02. The third-order valence-electron chi connectivity index (χ3n) is 1.59. The summed E-state index contributed by atoms with van der Waals surface area (Å²) in [5.41, 5.74) is 2.67. The van der Waals surface area contributed by atoms with Crippen molar-refractivity contribution in [2.75, 3.05) is 0 Å². The largest absolute Gasteiger partial charge is 0.349 e. The molecule has 2 amide bonds. The van der Waals surface area contributed by atoms with Gasteiger partial charge in [-0.15, -0.1) is 0 Å². The van der Waals surface area contributed by atoms with E-state index in [1.54, 1.807) is 0 Å². The lowest BCUT2D eigenvalue weighted by atomic mass is 10.1. The van der Waals surface area contributed by atoms with Crippen LogP contribution in [0.3, 0.4) is 0 Å². The molecular formula is C8H13N3O2. The zero-order chi connectivity index (χ0) is 9.84. The van der Waals surface area contributed by atoms with Gasteiger partial charge in [0.1, 0.15) is 5.71 Å². The molecule has 0 spiro atoms. The summed E-state index contributed by atoms with van der Waals surface area (Å²) in [6.45, 7) is 3.75. The third kappa shape index (κ3) is 2.85. The molecule has 0 bridgehead atoms. The van der Waals surface area contributed by atoms with E-state index < -0.39 is 0 Å². The lowest BCUT2D eigenvalue weighted by molar-refractivity contribution is -0.121. The van der Waals surface area contributed by atoms with E-state index in [9.17, 15) is 9.59 Å². The molecule has 72 valence electrons. The lowest BCUT2D eigenvalue weighted by Crippen LogP contribution is -2.39. The van der Waals surface area contributed by atoms with Gasteiger partial charge in [-0.1, -0.05) is 0 Å². The van der Waals surface area contributed by atoms with E-state index in [1.165, 1.54) is 0 Å². The zero-order valence-electron chi connectivity index (χ0n) is 7.76. The van der Waals surface area contributed by atoms with Gasteiger partial charge in [-0.2, -0.15) is 5.10 Å². The number of carbonyl (C=O) groups excluding carboxylic acids is 2. The Bertz CT molecular complexity index is 258. The van der Waals surface area contributed by atoms with E-state index in [4.69, 9.17) is 0 Å². The van der Waals surface area contributed by atoms with Crippen LogP contribution in [0.25, 0.3) is 0 Å². The molecule has 13 heavy (non-hydrogen) atoms.